The Kier molecular flexibility index (Phi) is 4.66. The lowest BCUT2D eigenvalue weighted by Gasteiger charge is -2.24. The molecule has 0 radical (unpaired) electrons. The first kappa shape index (κ1) is 15.6. The predicted molar refractivity (Wildman–Crippen MR) is 86.9 cm³/mol. The van der Waals surface area contributed by atoms with Crippen molar-refractivity contribution in [2.45, 2.75) is 32.4 Å². The van der Waals surface area contributed by atoms with Crippen molar-refractivity contribution in [2.24, 2.45) is 0 Å². The summed E-state index contributed by atoms with van der Waals surface area (Å²) >= 11 is 1.52. The number of amides is 2. The monoisotopic (exact) mass is 330 g/mol. The third-order valence-electron chi connectivity index (χ3n) is 3.84. The Balaban J connectivity index is 1.78. The van der Waals surface area contributed by atoms with Gasteiger partial charge in [-0.25, -0.2) is 0 Å². The van der Waals surface area contributed by atoms with Crippen molar-refractivity contribution in [3.63, 3.8) is 0 Å². The van der Waals surface area contributed by atoms with Crippen LogP contribution in [0.2, 0.25) is 0 Å². The number of thiophene rings is 1. The van der Waals surface area contributed by atoms with Crippen molar-refractivity contribution < 1.29 is 9.59 Å². The van der Waals surface area contributed by atoms with Crippen molar-refractivity contribution >= 4 is 23.2 Å². The van der Waals surface area contributed by atoms with Gasteiger partial charge < -0.3 is 10.2 Å². The second-order valence-electron chi connectivity index (χ2n) is 5.51. The van der Waals surface area contributed by atoms with Crippen LogP contribution in [0.15, 0.2) is 29.2 Å². The van der Waals surface area contributed by atoms with E-state index in [4.69, 9.17) is 0 Å². The molecule has 0 saturated carbocycles. The Labute approximate surface area is 138 Å². The van der Waals surface area contributed by atoms with E-state index in [1.165, 1.54) is 18.3 Å². The molecule has 0 unspecified atom stereocenters. The number of nitrogens with zero attached hydrogens (tertiary/aromatic N) is 3. The Morgan fingerprint density at radius 1 is 1.43 bits per heavy atom. The second kappa shape index (κ2) is 6.87. The minimum absolute atomic E-state index is 0.0443. The van der Waals surface area contributed by atoms with Gasteiger partial charge in [0.15, 0.2) is 0 Å². The van der Waals surface area contributed by atoms with Crippen LogP contribution in [0.25, 0.3) is 0 Å². The number of hydrogen-bond acceptors (Lipinski definition) is 5. The van der Waals surface area contributed by atoms with E-state index in [-0.39, 0.29) is 17.9 Å². The molecule has 1 saturated heterocycles. The lowest BCUT2D eigenvalue weighted by atomic mass is 10.1. The molecule has 0 spiro atoms. The van der Waals surface area contributed by atoms with Crippen LogP contribution in [0.5, 0.6) is 0 Å². The molecule has 2 amide bonds. The van der Waals surface area contributed by atoms with Crippen LogP contribution in [-0.4, -0.2) is 33.2 Å². The summed E-state index contributed by atoms with van der Waals surface area (Å²) in [7, 11) is 0. The molecule has 3 rings (SSSR count). The molecule has 0 bridgehead atoms. The van der Waals surface area contributed by atoms with Gasteiger partial charge in [0.1, 0.15) is 0 Å². The summed E-state index contributed by atoms with van der Waals surface area (Å²) in [4.78, 5) is 34.3. The van der Waals surface area contributed by atoms with Gasteiger partial charge in [-0.3, -0.25) is 19.6 Å². The zero-order valence-corrected chi connectivity index (χ0v) is 13.7. The first-order valence-corrected chi connectivity index (χ1v) is 8.48. The maximum Gasteiger partial charge on any atom is 0.255 e. The quantitative estimate of drug-likeness (QED) is 0.932. The summed E-state index contributed by atoms with van der Waals surface area (Å²) in [6, 6.07) is 1.80. The van der Waals surface area contributed by atoms with Gasteiger partial charge in [0, 0.05) is 18.8 Å². The van der Waals surface area contributed by atoms with Crippen LogP contribution in [0.4, 0.5) is 0 Å². The van der Waals surface area contributed by atoms with Crippen LogP contribution < -0.4 is 5.32 Å². The minimum Gasteiger partial charge on any atom is -0.351 e. The molecule has 7 heteroatoms. The number of nitrogens with one attached hydrogen (secondary N) is 1. The first-order valence-electron chi connectivity index (χ1n) is 7.53. The summed E-state index contributed by atoms with van der Waals surface area (Å²) < 4.78 is 0. The van der Waals surface area contributed by atoms with E-state index in [1.807, 2.05) is 21.7 Å². The molecule has 1 atom stereocenters. The van der Waals surface area contributed by atoms with E-state index in [2.05, 4.69) is 15.3 Å². The highest BCUT2D eigenvalue weighted by atomic mass is 32.1. The van der Waals surface area contributed by atoms with Crippen LogP contribution in [0.1, 0.15) is 47.6 Å². The fourth-order valence-corrected chi connectivity index (χ4v) is 3.38. The van der Waals surface area contributed by atoms with E-state index in [1.54, 1.807) is 12.4 Å². The fourth-order valence-electron chi connectivity index (χ4n) is 2.75. The van der Waals surface area contributed by atoms with Gasteiger partial charge in [0.25, 0.3) is 5.91 Å². The summed E-state index contributed by atoms with van der Waals surface area (Å²) in [5.74, 6) is -0.0601. The van der Waals surface area contributed by atoms with Crippen LogP contribution in [-0.2, 0) is 11.3 Å². The average molecular weight is 330 g/mol. The molecule has 0 aliphatic carbocycles. The molecule has 0 aromatic carbocycles. The van der Waals surface area contributed by atoms with E-state index < -0.39 is 0 Å². The number of carbonyl (C=O) groups excluding carboxylic acids is 2. The molecular formula is C16H18N4O2S. The van der Waals surface area contributed by atoms with Crippen LogP contribution >= 0.6 is 11.3 Å². The van der Waals surface area contributed by atoms with Gasteiger partial charge in [-0.1, -0.05) is 0 Å². The molecule has 6 nitrogen and oxygen atoms in total. The fraction of sp³-hybridized carbons (Fsp3) is 0.375. The second-order valence-corrected chi connectivity index (χ2v) is 6.29. The van der Waals surface area contributed by atoms with Crippen LogP contribution in [0, 0.1) is 0 Å². The molecule has 1 aliphatic rings. The normalized spacial score (nSPS) is 17.3. The van der Waals surface area contributed by atoms with E-state index in [9.17, 15) is 9.59 Å². The molecule has 2 aromatic heterocycles. The first-order chi connectivity index (χ1) is 11.1. The number of likely N-dealkylation sites (tertiary alicyclic amines) is 1. The molecule has 1 fully saturated rings. The van der Waals surface area contributed by atoms with Gasteiger partial charge in [-0.2, -0.15) is 11.3 Å². The van der Waals surface area contributed by atoms with E-state index in [0.717, 1.165) is 30.6 Å². The topological polar surface area (TPSA) is 75.2 Å². The molecule has 120 valence electrons. The maximum absolute atomic E-state index is 12.6. The van der Waals surface area contributed by atoms with Gasteiger partial charge in [0.05, 0.1) is 41.9 Å². The van der Waals surface area contributed by atoms with Gasteiger partial charge >= 0.3 is 0 Å². The Morgan fingerprint density at radius 3 is 3.04 bits per heavy atom. The Hall–Kier alpha value is -2.28. The maximum atomic E-state index is 12.6. The van der Waals surface area contributed by atoms with Gasteiger partial charge in [-0.15, -0.1) is 0 Å². The lowest BCUT2D eigenvalue weighted by Crippen LogP contribution is -2.31. The number of rotatable bonds is 4. The zero-order chi connectivity index (χ0) is 16.2. The highest BCUT2D eigenvalue weighted by Crippen LogP contribution is 2.32. The minimum atomic E-state index is -0.104. The SMILES string of the molecule is CC(=O)NCc1cncc([C@@H]2CCCN2C(=O)c2ccsc2)n1. The summed E-state index contributed by atoms with van der Waals surface area (Å²) in [5.41, 5.74) is 2.21. The highest BCUT2D eigenvalue weighted by Gasteiger charge is 2.32. The molecule has 1 aliphatic heterocycles. The summed E-state index contributed by atoms with van der Waals surface area (Å²) in [5, 5.41) is 6.50. The van der Waals surface area contributed by atoms with Gasteiger partial charge in [-0.05, 0) is 24.3 Å². The lowest BCUT2D eigenvalue weighted by molar-refractivity contribution is -0.119. The third kappa shape index (κ3) is 3.56. The van der Waals surface area contributed by atoms with Crippen molar-refractivity contribution in [1.82, 2.24) is 20.2 Å². The Bertz CT molecular complexity index is 702. The van der Waals surface area contributed by atoms with E-state index in [0.29, 0.717) is 12.2 Å². The molecular weight excluding hydrogens is 312 g/mol. The molecule has 3 heterocycles. The summed E-state index contributed by atoms with van der Waals surface area (Å²) in [6.07, 6.45) is 5.19. The predicted octanol–water partition coefficient (Wildman–Crippen LogP) is 2.15. The highest BCUT2D eigenvalue weighted by molar-refractivity contribution is 7.08. The van der Waals surface area contributed by atoms with Crippen molar-refractivity contribution in [3.8, 4) is 0 Å². The largest absolute Gasteiger partial charge is 0.351 e. The molecule has 1 N–H and O–H groups in total. The van der Waals surface area contributed by atoms with Crippen molar-refractivity contribution in [2.75, 3.05) is 6.54 Å². The number of carbonyl (C=O) groups is 2. The average Bonchev–Trinajstić information content (AvgIpc) is 3.23. The standard InChI is InChI=1S/C16H18N4O2S/c1-11(21)18-8-13-7-17-9-14(19-13)15-3-2-5-20(15)16(22)12-4-6-23-10-12/h4,6-7,9-10,15H,2-3,5,8H2,1H3,(H,18,21)/t15-/m0/s1. The molecule has 2 aromatic rings. The summed E-state index contributed by atoms with van der Waals surface area (Å²) in [6.45, 7) is 2.55. The smallest absolute Gasteiger partial charge is 0.255 e. The number of aromatic nitrogens is 2. The van der Waals surface area contributed by atoms with Crippen LogP contribution in [0.3, 0.4) is 0 Å². The van der Waals surface area contributed by atoms with Crippen molar-refractivity contribution in [3.05, 3.63) is 46.2 Å². The van der Waals surface area contributed by atoms with Gasteiger partial charge in [0.2, 0.25) is 5.91 Å². The Morgan fingerprint density at radius 2 is 2.30 bits per heavy atom. The van der Waals surface area contributed by atoms with E-state index >= 15 is 0 Å². The zero-order valence-electron chi connectivity index (χ0n) is 12.9. The molecule has 23 heavy (non-hydrogen) atoms. The number of hydrogen-bond donors (Lipinski definition) is 1. The van der Waals surface area contributed by atoms with Crippen molar-refractivity contribution in [1.29, 1.82) is 0 Å². The third-order valence-corrected chi connectivity index (χ3v) is 4.53.